The largest absolute Gasteiger partial charge is 0.486 e. The summed E-state index contributed by atoms with van der Waals surface area (Å²) in [6.45, 7) is 4.04. The smallest absolute Gasteiger partial charge is 0.418 e. The zero-order valence-electron chi connectivity index (χ0n) is 27.7. The first-order chi connectivity index (χ1) is 23.4. The number of amidine groups is 1. The molecular weight excluding hydrogens is 697 g/mol. The average molecular weight is 739 g/mol. The third kappa shape index (κ3) is 7.85. The van der Waals surface area contributed by atoms with Gasteiger partial charge in [0, 0.05) is 17.5 Å². The van der Waals surface area contributed by atoms with Crippen molar-refractivity contribution in [3.8, 4) is 5.75 Å². The van der Waals surface area contributed by atoms with Crippen LogP contribution in [0.15, 0.2) is 33.7 Å². The van der Waals surface area contributed by atoms with Gasteiger partial charge in [-0.2, -0.15) is 13.5 Å². The van der Waals surface area contributed by atoms with Gasteiger partial charge in [-0.15, -0.1) is 15.6 Å². The van der Waals surface area contributed by atoms with E-state index in [1.165, 1.54) is 19.2 Å². The van der Waals surface area contributed by atoms with Crippen LogP contribution in [0.25, 0.3) is 0 Å². The second-order valence-corrected chi connectivity index (χ2v) is 15.3. The average Bonchev–Trinajstić information content (AvgIpc) is 3.51. The lowest BCUT2D eigenvalue weighted by atomic mass is 9.82. The maximum Gasteiger partial charge on any atom is 0.418 e. The van der Waals surface area contributed by atoms with E-state index in [9.17, 15) is 28.2 Å². The predicted octanol–water partition coefficient (Wildman–Crippen LogP) is -0.231. The molecule has 3 heterocycles. The molecule has 1 aliphatic carbocycles. The topological polar surface area (TPSA) is 288 Å². The van der Waals surface area contributed by atoms with E-state index < -0.39 is 57.7 Å². The first-order valence-electron chi connectivity index (χ1n) is 15.8. The molecule has 274 valence electrons. The normalized spacial score (nSPS) is 26.7. The quantitative estimate of drug-likeness (QED) is 0.0487. The first kappa shape index (κ1) is 37.3. The summed E-state index contributed by atoms with van der Waals surface area (Å²) in [6, 6.07) is 4.16. The Labute approximate surface area is 292 Å². The molecule has 50 heavy (non-hydrogen) atoms. The molecule has 2 amide bonds. The summed E-state index contributed by atoms with van der Waals surface area (Å²) in [4.78, 5) is 40.7. The molecule has 5 rings (SSSR count). The molecule has 1 aromatic carbocycles. The molecule has 3 atom stereocenters. The number of nitrogens with one attached hydrogen (secondary N) is 1. The summed E-state index contributed by atoms with van der Waals surface area (Å²) < 4.78 is 42.0. The van der Waals surface area contributed by atoms with Crippen LogP contribution in [0.3, 0.4) is 0 Å². The van der Waals surface area contributed by atoms with E-state index in [1.807, 2.05) is 6.07 Å². The lowest BCUT2D eigenvalue weighted by molar-refractivity contribution is -0.218. The van der Waals surface area contributed by atoms with Crippen LogP contribution in [0.1, 0.15) is 69.7 Å². The number of carbonyl (C=O) groups is 2. The minimum absolute atomic E-state index is 0.0105. The summed E-state index contributed by atoms with van der Waals surface area (Å²) in [5, 5.41) is 29.4. The number of nitrogen functional groups attached to an aromatic ring is 1. The molecule has 20 heteroatoms. The fraction of sp³-hybridized carbons (Fsp3) is 0.567. The molecule has 1 aromatic heterocycles. The number of β-lactam (4-membered cyclic amide) rings is 1. The highest BCUT2D eigenvalue weighted by Gasteiger charge is 2.58. The van der Waals surface area contributed by atoms with Crippen LogP contribution in [0.4, 0.5) is 5.13 Å². The van der Waals surface area contributed by atoms with Crippen LogP contribution >= 0.6 is 11.3 Å². The van der Waals surface area contributed by atoms with Crippen molar-refractivity contribution in [2.75, 3.05) is 18.9 Å². The number of carbonyl (C=O) groups excluding carboxylic acids is 2. The van der Waals surface area contributed by atoms with Gasteiger partial charge in [0.05, 0.1) is 23.8 Å². The molecule has 1 saturated heterocycles. The second kappa shape index (κ2) is 14.0. The molecule has 2 fully saturated rings. The minimum atomic E-state index is -5.00. The number of nitrogens with two attached hydrogens (primary N) is 3. The number of hydrogen-bond acceptors (Lipinski definition) is 15. The monoisotopic (exact) mass is 738 g/mol. The van der Waals surface area contributed by atoms with Crippen molar-refractivity contribution < 1.29 is 46.6 Å². The predicted molar refractivity (Wildman–Crippen MR) is 181 cm³/mol. The fourth-order valence-electron chi connectivity index (χ4n) is 6.08. The van der Waals surface area contributed by atoms with Gasteiger partial charge in [0.15, 0.2) is 16.4 Å². The Bertz CT molecular complexity index is 1790. The summed E-state index contributed by atoms with van der Waals surface area (Å²) in [7, 11) is -5.00. The molecule has 18 nitrogen and oxygen atoms in total. The molecule has 3 aliphatic rings. The number of hydrogen-bond donors (Lipinski definition) is 7. The zero-order valence-corrected chi connectivity index (χ0v) is 29.4. The number of nitrogens with zero attached hydrogens (tertiary/aromatic N) is 4. The Morgan fingerprint density at radius 1 is 1.28 bits per heavy atom. The van der Waals surface area contributed by atoms with Crippen LogP contribution in [0.2, 0.25) is 0 Å². The van der Waals surface area contributed by atoms with Crippen molar-refractivity contribution in [1.82, 2.24) is 15.4 Å². The molecule has 2 aliphatic heterocycles. The summed E-state index contributed by atoms with van der Waals surface area (Å²) in [5.74, 6) is -0.934. The van der Waals surface area contributed by atoms with Crippen molar-refractivity contribution in [2.45, 2.75) is 94.2 Å². The molecule has 2 aromatic rings. The van der Waals surface area contributed by atoms with Crippen LogP contribution in [-0.2, 0) is 35.5 Å². The summed E-state index contributed by atoms with van der Waals surface area (Å²) >= 11 is 1.02. The summed E-state index contributed by atoms with van der Waals surface area (Å²) in [6.07, 6.45) is 2.73. The fourth-order valence-corrected chi connectivity index (χ4v) is 7.08. The van der Waals surface area contributed by atoms with Gasteiger partial charge in [0.25, 0.3) is 11.8 Å². The van der Waals surface area contributed by atoms with Crippen molar-refractivity contribution in [2.24, 2.45) is 21.6 Å². The number of aliphatic imine (C=N–C) groups is 1. The highest BCUT2D eigenvalue weighted by Crippen LogP contribution is 2.36. The van der Waals surface area contributed by atoms with Crippen LogP contribution < -0.4 is 27.3 Å². The van der Waals surface area contributed by atoms with Gasteiger partial charge < -0.3 is 42.3 Å². The number of ether oxygens (including phenoxy) is 1. The summed E-state index contributed by atoms with van der Waals surface area (Å²) in [5.41, 5.74) is 15.4. The number of aliphatic hydroxyl groups is 2. The third-order valence-electron chi connectivity index (χ3n) is 9.33. The van der Waals surface area contributed by atoms with Crippen molar-refractivity contribution >= 4 is 50.2 Å². The third-order valence-corrected chi connectivity index (χ3v) is 10.3. The van der Waals surface area contributed by atoms with Gasteiger partial charge in [-0.25, -0.2) is 4.98 Å². The van der Waals surface area contributed by atoms with Crippen molar-refractivity contribution in [1.29, 1.82) is 0 Å². The number of aromatic nitrogens is 1. The number of anilines is 1. The molecule has 0 spiro atoms. The molecule has 0 unspecified atom stereocenters. The Morgan fingerprint density at radius 2 is 1.98 bits per heavy atom. The van der Waals surface area contributed by atoms with Gasteiger partial charge in [0.1, 0.15) is 29.4 Å². The van der Waals surface area contributed by atoms with Gasteiger partial charge in [-0.1, -0.05) is 5.16 Å². The number of aryl methyl sites for hydroxylation is 1. The number of aliphatic hydroxyl groups excluding tert-OH is 1. The van der Waals surface area contributed by atoms with Crippen LogP contribution in [0, 0.1) is 0 Å². The molecule has 0 bridgehead atoms. The van der Waals surface area contributed by atoms with Gasteiger partial charge in [-0.05, 0) is 83.1 Å². The minimum Gasteiger partial charge on any atom is -0.486 e. The van der Waals surface area contributed by atoms with E-state index in [0.29, 0.717) is 55.2 Å². The Hall–Kier alpha value is -3.92. The first-order valence-corrected chi connectivity index (χ1v) is 18.1. The lowest BCUT2D eigenvalue weighted by Crippen LogP contribution is -2.76. The highest BCUT2D eigenvalue weighted by atomic mass is 32.3. The van der Waals surface area contributed by atoms with Crippen molar-refractivity contribution in [3.63, 3.8) is 0 Å². The standard InChI is InChI=1S/C30H42N8O10S2/c1-28(2)23(26(41)38(28)48-50(43,44)45)36-25(40)22(19-13-49-27(33)35-19)37-47-29(3,15-39)21-7-5-16-12-17(4-6-20(16)46-21)24(32)34-18-8-10-30(42,14-31)11-9-18/h4,6,12-13,18,21,23,39,42H,5,7-11,14-15,31H2,1-3H3,(H2,32,34)(H2,33,35)(H,36,40)(H,43,44,45)/b37-22-/t18?,21-,23-,29-,30?/m1/s1. The maximum absolute atomic E-state index is 13.5. The SMILES string of the molecule is CC1(C)[C@H](NC(=O)/C(=N\O[C@](C)(CO)[C@H]2CCc3cc(C(N)=NC4CCC(O)(CN)CC4)ccc3O2)c2csc(N)n2)C(=O)N1OS(=O)(=O)O. The molecular formula is C30H42N8O10S2. The Balaban J connectivity index is 1.29. The van der Waals surface area contributed by atoms with Crippen molar-refractivity contribution in [3.05, 3.63) is 40.4 Å². The Kier molecular flexibility index (Phi) is 10.5. The lowest BCUT2D eigenvalue weighted by Gasteiger charge is -2.50. The number of rotatable bonds is 12. The highest BCUT2D eigenvalue weighted by molar-refractivity contribution is 7.80. The van der Waals surface area contributed by atoms with E-state index in [0.717, 1.165) is 22.5 Å². The molecule has 1 saturated carbocycles. The Morgan fingerprint density at radius 3 is 2.56 bits per heavy atom. The number of oxime groups is 1. The van der Waals surface area contributed by atoms with E-state index >= 15 is 0 Å². The van der Waals surface area contributed by atoms with E-state index in [2.05, 4.69) is 24.7 Å². The maximum atomic E-state index is 13.5. The second-order valence-electron chi connectivity index (χ2n) is 13.4. The number of amides is 2. The number of benzene rings is 1. The van der Waals surface area contributed by atoms with Gasteiger partial charge in [0.2, 0.25) is 0 Å². The number of fused-ring (bicyclic) bond motifs is 1. The zero-order chi connectivity index (χ0) is 36.6. The molecule has 0 radical (unpaired) electrons. The number of hydroxylamine groups is 2. The van der Waals surface area contributed by atoms with Crippen LogP contribution in [0.5, 0.6) is 5.75 Å². The van der Waals surface area contributed by atoms with Gasteiger partial charge in [-0.3, -0.25) is 19.1 Å². The number of thiazole rings is 1. The van der Waals surface area contributed by atoms with E-state index in [1.54, 1.807) is 19.1 Å². The van der Waals surface area contributed by atoms with E-state index in [4.69, 9.17) is 31.3 Å². The molecule has 10 N–H and O–H groups in total. The van der Waals surface area contributed by atoms with E-state index in [-0.39, 0.29) is 29.1 Å². The van der Waals surface area contributed by atoms with Crippen LogP contribution in [-0.4, -0.2) is 105 Å². The van der Waals surface area contributed by atoms with Gasteiger partial charge >= 0.3 is 10.4 Å².